The zero-order chi connectivity index (χ0) is 17.1. The molecule has 1 saturated heterocycles. The number of hydrogen-bond donors (Lipinski definition) is 3. The summed E-state index contributed by atoms with van der Waals surface area (Å²) in [6, 6.07) is 5.02. The van der Waals surface area contributed by atoms with Crippen LogP contribution in [-0.2, 0) is 9.59 Å². The van der Waals surface area contributed by atoms with E-state index in [1.54, 1.807) is 18.2 Å². The summed E-state index contributed by atoms with van der Waals surface area (Å²) in [6.45, 7) is 0. The first-order valence-electron chi connectivity index (χ1n) is 8.26. The van der Waals surface area contributed by atoms with Crippen LogP contribution in [0.25, 0.3) is 0 Å². The molecule has 3 unspecified atom stereocenters. The van der Waals surface area contributed by atoms with Crippen LogP contribution in [0, 0.1) is 0 Å². The summed E-state index contributed by atoms with van der Waals surface area (Å²) in [5.74, 6) is 0.227. The van der Waals surface area contributed by atoms with Crippen LogP contribution in [0.4, 0.5) is 5.69 Å². The van der Waals surface area contributed by atoms with Crippen molar-refractivity contribution in [2.75, 3.05) is 12.4 Å². The van der Waals surface area contributed by atoms with Crippen LogP contribution in [-0.4, -0.2) is 37.0 Å². The average Bonchev–Trinajstić information content (AvgIpc) is 2.55. The molecule has 3 rings (SSSR count). The van der Waals surface area contributed by atoms with Crippen molar-refractivity contribution in [2.24, 2.45) is 0 Å². The van der Waals surface area contributed by atoms with E-state index >= 15 is 0 Å². The Hall–Kier alpha value is -1.79. The number of fused-ring (bicyclic) bond motifs is 1. The van der Waals surface area contributed by atoms with Gasteiger partial charge in [-0.05, 0) is 31.0 Å². The maximum Gasteiger partial charge on any atom is 0.237 e. The van der Waals surface area contributed by atoms with Gasteiger partial charge in [0.1, 0.15) is 5.75 Å². The van der Waals surface area contributed by atoms with Crippen LogP contribution < -0.4 is 20.7 Å². The number of hydrogen-bond acceptors (Lipinski definition) is 4. The van der Waals surface area contributed by atoms with Crippen molar-refractivity contribution in [3.05, 3.63) is 23.2 Å². The summed E-state index contributed by atoms with van der Waals surface area (Å²) in [5, 5.41) is 9.58. The highest BCUT2D eigenvalue weighted by atomic mass is 35.5. The number of nitrogens with one attached hydrogen (secondary N) is 3. The standard InChI is InChI=1S/C17H22ClN3O3/c1-24-15-7-6-10(8-11(15)18)19-16(22)9-14-17(23)21-13-5-3-2-4-12(13)20-14/h6-8,12-14,20H,2-5,9H2,1H3,(H,19,22)(H,21,23). The Kier molecular flexibility index (Phi) is 5.26. The molecule has 7 heteroatoms. The van der Waals surface area contributed by atoms with E-state index in [4.69, 9.17) is 16.3 Å². The molecule has 0 aromatic heterocycles. The lowest BCUT2D eigenvalue weighted by Gasteiger charge is -2.40. The minimum Gasteiger partial charge on any atom is -0.495 e. The van der Waals surface area contributed by atoms with E-state index in [9.17, 15) is 9.59 Å². The lowest BCUT2D eigenvalue weighted by atomic mass is 9.87. The van der Waals surface area contributed by atoms with Crippen molar-refractivity contribution in [1.29, 1.82) is 0 Å². The lowest BCUT2D eigenvalue weighted by Crippen LogP contribution is -2.65. The quantitative estimate of drug-likeness (QED) is 0.776. The molecule has 130 valence electrons. The Morgan fingerprint density at radius 1 is 1.33 bits per heavy atom. The van der Waals surface area contributed by atoms with Crippen LogP contribution >= 0.6 is 11.6 Å². The zero-order valence-electron chi connectivity index (χ0n) is 13.6. The van der Waals surface area contributed by atoms with Gasteiger partial charge in [0.2, 0.25) is 11.8 Å². The summed E-state index contributed by atoms with van der Waals surface area (Å²) in [4.78, 5) is 24.4. The Bertz CT molecular complexity index is 638. The van der Waals surface area contributed by atoms with Gasteiger partial charge < -0.3 is 20.7 Å². The normalized spacial score (nSPS) is 26.2. The summed E-state index contributed by atoms with van der Waals surface area (Å²) >= 11 is 6.05. The summed E-state index contributed by atoms with van der Waals surface area (Å²) in [7, 11) is 1.53. The van der Waals surface area contributed by atoms with Gasteiger partial charge in [-0.3, -0.25) is 9.59 Å². The molecule has 1 aromatic carbocycles. The van der Waals surface area contributed by atoms with Gasteiger partial charge in [0.05, 0.1) is 24.6 Å². The van der Waals surface area contributed by atoms with Gasteiger partial charge in [0.25, 0.3) is 0 Å². The van der Waals surface area contributed by atoms with Gasteiger partial charge in [0, 0.05) is 17.8 Å². The third-order valence-corrected chi connectivity index (χ3v) is 4.95. The van der Waals surface area contributed by atoms with E-state index in [0.29, 0.717) is 16.5 Å². The van der Waals surface area contributed by atoms with Crippen molar-refractivity contribution in [1.82, 2.24) is 10.6 Å². The first-order valence-corrected chi connectivity index (χ1v) is 8.64. The smallest absolute Gasteiger partial charge is 0.237 e. The molecule has 0 radical (unpaired) electrons. The van der Waals surface area contributed by atoms with Crippen LogP contribution in [0.3, 0.4) is 0 Å². The molecule has 1 aliphatic carbocycles. The minimum atomic E-state index is -0.488. The SMILES string of the molecule is COc1ccc(NC(=O)CC2NC3CCCCC3NC2=O)cc1Cl. The Balaban J connectivity index is 1.58. The Morgan fingerprint density at radius 2 is 2.08 bits per heavy atom. The predicted molar refractivity (Wildman–Crippen MR) is 92.4 cm³/mol. The highest BCUT2D eigenvalue weighted by Crippen LogP contribution is 2.27. The molecule has 3 N–H and O–H groups in total. The molecule has 0 spiro atoms. The van der Waals surface area contributed by atoms with Crippen molar-refractivity contribution >= 4 is 29.1 Å². The topological polar surface area (TPSA) is 79.5 Å². The largest absolute Gasteiger partial charge is 0.495 e. The third-order valence-electron chi connectivity index (χ3n) is 4.65. The van der Waals surface area contributed by atoms with Crippen molar-refractivity contribution in [3.8, 4) is 5.75 Å². The first-order chi connectivity index (χ1) is 11.6. The molecule has 24 heavy (non-hydrogen) atoms. The number of amides is 2. The Morgan fingerprint density at radius 3 is 2.79 bits per heavy atom. The molecule has 0 bridgehead atoms. The van der Waals surface area contributed by atoms with E-state index in [0.717, 1.165) is 25.7 Å². The molecule has 2 amide bonds. The van der Waals surface area contributed by atoms with E-state index in [1.165, 1.54) is 7.11 Å². The molecule has 2 aliphatic rings. The van der Waals surface area contributed by atoms with Crippen molar-refractivity contribution in [2.45, 2.75) is 50.2 Å². The molecular formula is C17H22ClN3O3. The minimum absolute atomic E-state index is 0.0959. The number of rotatable bonds is 4. The number of benzene rings is 1. The Labute approximate surface area is 146 Å². The monoisotopic (exact) mass is 351 g/mol. The lowest BCUT2D eigenvalue weighted by molar-refractivity contribution is -0.129. The summed E-state index contributed by atoms with van der Waals surface area (Å²) < 4.78 is 5.08. The predicted octanol–water partition coefficient (Wildman–Crippen LogP) is 2.08. The second-order valence-corrected chi connectivity index (χ2v) is 6.73. The highest BCUT2D eigenvalue weighted by Gasteiger charge is 2.36. The maximum absolute atomic E-state index is 12.2. The number of carbonyl (C=O) groups excluding carboxylic acids is 2. The summed E-state index contributed by atoms with van der Waals surface area (Å²) in [5.41, 5.74) is 0.581. The number of ether oxygens (including phenoxy) is 1. The molecular weight excluding hydrogens is 330 g/mol. The number of anilines is 1. The van der Waals surface area contributed by atoms with Crippen LogP contribution in [0.1, 0.15) is 32.1 Å². The van der Waals surface area contributed by atoms with Gasteiger partial charge in [-0.1, -0.05) is 24.4 Å². The molecule has 1 aliphatic heterocycles. The highest BCUT2D eigenvalue weighted by molar-refractivity contribution is 6.32. The fourth-order valence-electron chi connectivity index (χ4n) is 3.41. The van der Waals surface area contributed by atoms with Gasteiger partial charge >= 0.3 is 0 Å². The molecule has 1 aromatic rings. The second-order valence-electron chi connectivity index (χ2n) is 6.33. The number of methoxy groups -OCH3 is 1. The molecule has 3 atom stereocenters. The number of halogens is 1. The van der Waals surface area contributed by atoms with Crippen LogP contribution in [0.15, 0.2) is 18.2 Å². The van der Waals surface area contributed by atoms with Gasteiger partial charge in [-0.2, -0.15) is 0 Å². The van der Waals surface area contributed by atoms with Gasteiger partial charge in [0.15, 0.2) is 0 Å². The van der Waals surface area contributed by atoms with E-state index in [2.05, 4.69) is 16.0 Å². The second kappa shape index (κ2) is 7.40. The maximum atomic E-state index is 12.2. The zero-order valence-corrected chi connectivity index (χ0v) is 14.4. The fourth-order valence-corrected chi connectivity index (χ4v) is 3.67. The molecule has 1 heterocycles. The van der Waals surface area contributed by atoms with Crippen LogP contribution in [0.5, 0.6) is 5.75 Å². The molecule has 2 fully saturated rings. The van der Waals surface area contributed by atoms with E-state index in [1.807, 2.05) is 0 Å². The van der Waals surface area contributed by atoms with E-state index < -0.39 is 6.04 Å². The van der Waals surface area contributed by atoms with Gasteiger partial charge in [-0.15, -0.1) is 0 Å². The van der Waals surface area contributed by atoms with E-state index in [-0.39, 0.29) is 30.3 Å². The summed E-state index contributed by atoms with van der Waals surface area (Å²) in [6.07, 6.45) is 4.45. The van der Waals surface area contributed by atoms with Gasteiger partial charge in [-0.25, -0.2) is 0 Å². The van der Waals surface area contributed by atoms with Crippen LogP contribution in [0.2, 0.25) is 5.02 Å². The molecule has 1 saturated carbocycles. The number of carbonyl (C=O) groups is 2. The van der Waals surface area contributed by atoms with Crippen molar-refractivity contribution < 1.29 is 14.3 Å². The third kappa shape index (κ3) is 3.82. The number of piperazine rings is 1. The molecule has 6 nitrogen and oxygen atoms in total. The average molecular weight is 352 g/mol. The van der Waals surface area contributed by atoms with Crippen molar-refractivity contribution in [3.63, 3.8) is 0 Å². The first kappa shape index (κ1) is 17.0. The fraction of sp³-hybridized carbons (Fsp3) is 0.529.